The number of ether oxygens (including phenoxy) is 1. The standard InChI is InChI=1S/C16H8BrClFN3O2/c1-22-7-21-13-3-2-8(4-9(13)16(22)23)24-15-10(6-20)11(17)5-12(18)14(15)19/h2-5,7H,1H3. The van der Waals surface area contributed by atoms with E-state index in [1.165, 1.54) is 29.1 Å². The molecule has 3 rings (SSSR count). The summed E-state index contributed by atoms with van der Waals surface area (Å²) in [5.74, 6) is -0.968. The topological polar surface area (TPSA) is 67.9 Å². The molecule has 0 amide bonds. The summed E-state index contributed by atoms with van der Waals surface area (Å²) < 4.78 is 21.4. The smallest absolute Gasteiger partial charge is 0.261 e. The molecule has 0 atom stereocenters. The van der Waals surface area contributed by atoms with Gasteiger partial charge in [-0.1, -0.05) is 11.6 Å². The van der Waals surface area contributed by atoms with Crippen LogP contribution in [0.25, 0.3) is 10.9 Å². The highest BCUT2D eigenvalue weighted by Gasteiger charge is 2.19. The van der Waals surface area contributed by atoms with Gasteiger partial charge in [0, 0.05) is 11.5 Å². The highest BCUT2D eigenvalue weighted by atomic mass is 79.9. The summed E-state index contributed by atoms with van der Waals surface area (Å²) in [4.78, 5) is 16.3. The highest BCUT2D eigenvalue weighted by Crippen LogP contribution is 2.37. The Kier molecular flexibility index (Phi) is 4.26. The quantitative estimate of drug-likeness (QED) is 0.597. The minimum Gasteiger partial charge on any atom is -0.453 e. The molecule has 0 aliphatic rings. The maximum absolute atomic E-state index is 14.3. The van der Waals surface area contributed by atoms with Crippen LogP contribution in [0.15, 0.2) is 39.9 Å². The molecule has 0 fully saturated rings. The Bertz CT molecular complexity index is 1080. The van der Waals surface area contributed by atoms with E-state index in [0.717, 1.165) is 0 Å². The maximum atomic E-state index is 14.3. The Balaban J connectivity index is 2.16. The number of hydrogen-bond donors (Lipinski definition) is 0. The molecule has 5 nitrogen and oxygen atoms in total. The zero-order chi connectivity index (χ0) is 17.4. The monoisotopic (exact) mass is 407 g/mol. The van der Waals surface area contributed by atoms with Gasteiger partial charge in [-0.15, -0.1) is 0 Å². The number of fused-ring (bicyclic) bond motifs is 1. The molecule has 3 aromatic rings. The van der Waals surface area contributed by atoms with E-state index >= 15 is 0 Å². The molecule has 0 radical (unpaired) electrons. The third-order valence-electron chi connectivity index (χ3n) is 3.35. The second-order valence-electron chi connectivity index (χ2n) is 4.91. The SMILES string of the molecule is Cn1cnc2ccc(Oc3c(F)c(Cl)cc(Br)c3C#N)cc2c1=O. The van der Waals surface area contributed by atoms with E-state index in [9.17, 15) is 14.4 Å². The number of nitrogens with zero attached hydrogens (tertiary/aromatic N) is 3. The normalized spacial score (nSPS) is 10.6. The Hall–Kier alpha value is -2.43. The van der Waals surface area contributed by atoms with Gasteiger partial charge < -0.3 is 9.30 Å². The number of benzene rings is 2. The van der Waals surface area contributed by atoms with E-state index in [1.54, 1.807) is 13.1 Å². The van der Waals surface area contributed by atoms with Crippen molar-refractivity contribution in [3.63, 3.8) is 0 Å². The van der Waals surface area contributed by atoms with Gasteiger partial charge in [0.25, 0.3) is 5.56 Å². The Labute approximate surface area is 149 Å². The molecule has 0 N–H and O–H groups in total. The van der Waals surface area contributed by atoms with Gasteiger partial charge in [0.2, 0.25) is 0 Å². The zero-order valence-corrected chi connectivity index (χ0v) is 14.5. The van der Waals surface area contributed by atoms with Crippen LogP contribution >= 0.6 is 27.5 Å². The molecule has 1 heterocycles. The van der Waals surface area contributed by atoms with Crippen LogP contribution in [0.2, 0.25) is 5.02 Å². The average molecular weight is 409 g/mol. The van der Waals surface area contributed by atoms with Crippen LogP contribution in [-0.4, -0.2) is 9.55 Å². The Morgan fingerprint density at radius 3 is 2.88 bits per heavy atom. The maximum Gasteiger partial charge on any atom is 0.261 e. The van der Waals surface area contributed by atoms with Crippen LogP contribution in [0.3, 0.4) is 0 Å². The summed E-state index contributed by atoms with van der Waals surface area (Å²) >= 11 is 8.95. The fraction of sp³-hybridized carbons (Fsp3) is 0.0625. The molecule has 0 spiro atoms. The Morgan fingerprint density at radius 1 is 1.42 bits per heavy atom. The van der Waals surface area contributed by atoms with E-state index in [2.05, 4.69) is 20.9 Å². The number of halogens is 3. The minimum atomic E-state index is -0.851. The highest BCUT2D eigenvalue weighted by molar-refractivity contribution is 9.10. The molecule has 8 heteroatoms. The van der Waals surface area contributed by atoms with Gasteiger partial charge in [-0.2, -0.15) is 5.26 Å². The predicted octanol–water partition coefficient (Wildman–Crippen LogP) is 4.15. The van der Waals surface area contributed by atoms with Crippen molar-refractivity contribution in [3.05, 3.63) is 61.8 Å². The van der Waals surface area contributed by atoms with Crippen LogP contribution in [0, 0.1) is 17.1 Å². The molecule has 0 aliphatic carbocycles. The summed E-state index contributed by atoms with van der Waals surface area (Å²) in [5.41, 5.74) is 0.188. The molecule has 0 unspecified atom stereocenters. The lowest BCUT2D eigenvalue weighted by molar-refractivity contribution is 0.441. The van der Waals surface area contributed by atoms with Crippen molar-refractivity contribution in [2.45, 2.75) is 0 Å². The van der Waals surface area contributed by atoms with Gasteiger partial charge >= 0.3 is 0 Å². The summed E-state index contributed by atoms with van der Waals surface area (Å²) in [6, 6.07) is 7.70. The molecule has 0 saturated heterocycles. The van der Waals surface area contributed by atoms with Crippen molar-refractivity contribution in [2.24, 2.45) is 7.05 Å². The number of hydrogen-bond acceptors (Lipinski definition) is 4. The number of aromatic nitrogens is 2. The summed E-state index contributed by atoms with van der Waals surface area (Å²) in [6.45, 7) is 0. The first-order valence-electron chi connectivity index (χ1n) is 6.63. The molecule has 0 saturated carbocycles. The summed E-state index contributed by atoms with van der Waals surface area (Å²) in [6.07, 6.45) is 1.41. The van der Waals surface area contributed by atoms with Crippen LogP contribution in [-0.2, 0) is 7.05 Å². The lowest BCUT2D eigenvalue weighted by Crippen LogP contribution is -2.16. The molecule has 0 bridgehead atoms. The third kappa shape index (κ3) is 2.75. The Morgan fingerprint density at radius 2 is 2.17 bits per heavy atom. The van der Waals surface area contributed by atoms with Crippen molar-refractivity contribution in [2.75, 3.05) is 0 Å². The van der Waals surface area contributed by atoms with Gasteiger partial charge in [0.05, 0.1) is 22.3 Å². The summed E-state index contributed by atoms with van der Waals surface area (Å²) in [7, 11) is 1.57. The number of nitriles is 1. The molecule has 24 heavy (non-hydrogen) atoms. The van der Waals surface area contributed by atoms with Crippen molar-refractivity contribution >= 4 is 38.4 Å². The predicted molar refractivity (Wildman–Crippen MR) is 90.9 cm³/mol. The summed E-state index contributed by atoms with van der Waals surface area (Å²) in [5, 5.41) is 9.34. The molecular formula is C16H8BrClFN3O2. The van der Waals surface area contributed by atoms with Crippen LogP contribution < -0.4 is 10.3 Å². The lowest BCUT2D eigenvalue weighted by Gasteiger charge is -2.11. The fourth-order valence-corrected chi connectivity index (χ4v) is 2.97. The fourth-order valence-electron chi connectivity index (χ4n) is 2.15. The first kappa shape index (κ1) is 16.4. The van der Waals surface area contributed by atoms with E-state index in [1.807, 2.05) is 6.07 Å². The number of rotatable bonds is 2. The molecule has 2 aromatic carbocycles. The van der Waals surface area contributed by atoms with Gasteiger partial charge in [-0.05, 0) is 40.2 Å². The van der Waals surface area contributed by atoms with Gasteiger partial charge in [0.15, 0.2) is 11.6 Å². The first-order valence-corrected chi connectivity index (χ1v) is 7.80. The zero-order valence-electron chi connectivity index (χ0n) is 12.2. The van der Waals surface area contributed by atoms with Gasteiger partial charge in [-0.25, -0.2) is 9.37 Å². The van der Waals surface area contributed by atoms with Crippen LogP contribution in [0.5, 0.6) is 11.5 Å². The van der Waals surface area contributed by atoms with Crippen molar-refractivity contribution in [3.8, 4) is 17.6 Å². The third-order valence-corrected chi connectivity index (χ3v) is 4.25. The van der Waals surface area contributed by atoms with Crippen molar-refractivity contribution in [1.29, 1.82) is 5.26 Å². The van der Waals surface area contributed by atoms with Crippen LogP contribution in [0.4, 0.5) is 4.39 Å². The van der Waals surface area contributed by atoms with E-state index < -0.39 is 5.82 Å². The van der Waals surface area contributed by atoms with E-state index in [4.69, 9.17) is 16.3 Å². The number of aryl methyl sites for hydroxylation is 1. The van der Waals surface area contributed by atoms with Crippen LogP contribution in [0.1, 0.15) is 5.56 Å². The van der Waals surface area contributed by atoms with Crippen molar-refractivity contribution in [1.82, 2.24) is 9.55 Å². The largest absolute Gasteiger partial charge is 0.453 e. The second kappa shape index (κ2) is 6.23. The second-order valence-corrected chi connectivity index (χ2v) is 6.17. The molecule has 0 aliphatic heterocycles. The van der Waals surface area contributed by atoms with Gasteiger partial charge in [0.1, 0.15) is 17.4 Å². The molecular weight excluding hydrogens is 401 g/mol. The van der Waals surface area contributed by atoms with Gasteiger partial charge in [-0.3, -0.25) is 4.79 Å². The van der Waals surface area contributed by atoms with E-state index in [0.29, 0.717) is 15.4 Å². The lowest BCUT2D eigenvalue weighted by atomic mass is 10.2. The molecule has 1 aromatic heterocycles. The average Bonchev–Trinajstić information content (AvgIpc) is 2.56. The van der Waals surface area contributed by atoms with Crippen molar-refractivity contribution < 1.29 is 9.13 Å². The van der Waals surface area contributed by atoms with E-state index in [-0.39, 0.29) is 27.6 Å². The molecule has 120 valence electrons. The minimum absolute atomic E-state index is 0.0314. The first-order chi connectivity index (χ1) is 11.4.